The quantitative estimate of drug-likeness (QED) is 0.417. The Hall–Kier alpha value is -2.53. The molecule has 0 aliphatic heterocycles. The van der Waals surface area contributed by atoms with E-state index in [2.05, 4.69) is 27.9 Å². The fraction of sp³-hybridized carbons (Fsp3) is 0.158. The van der Waals surface area contributed by atoms with Crippen molar-refractivity contribution in [3.8, 4) is 17.6 Å². The van der Waals surface area contributed by atoms with Gasteiger partial charge >= 0.3 is 0 Å². The molecule has 0 heterocycles. The van der Waals surface area contributed by atoms with Crippen LogP contribution in [0.4, 0.5) is 0 Å². The first-order valence-corrected chi connectivity index (χ1v) is 8.54. The van der Waals surface area contributed by atoms with Crippen LogP contribution in [0.5, 0.6) is 11.5 Å². The number of ether oxygens (including phenoxy) is 2. The molecule has 2 aromatic carbocycles. The molecule has 1 amide bonds. The maximum atomic E-state index is 11.6. The molecule has 0 aliphatic carbocycles. The van der Waals surface area contributed by atoms with Crippen molar-refractivity contribution in [1.82, 2.24) is 5.32 Å². The molecule has 0 radical (unpaired) electrons. The van der Waals surface area contributed by atoms with Crippen LogP contribution in [-0.2, 0) is 11.4 Å². The van der Waals surface area contributed by atoms with Gasteiger partial charge in [-0.3, -0.25) is 4.79 Å². The van der Waals surface area contributed by atoms with Gasteiger partial charge in [0.15, 0.2) is 11.5 Å². The number of hydrogen-bond donors (Lipinski definition) is 1. The smallest absolute Gasteiger partial charge is 0.261 e. The lowest BCUT2D eigenvalue weighted by Crippen LogP contribution is -2.19. The van der Waals surface area contributed by atoms with Crippen molar-refractivity contribution in [3.05, 3.63) is 62.7 Å². The Kier molecular flexibility index (Phi) is 6.83. The van der Waals surface area contributed by atoms with E-state index in [1.807, 2.05) is 30.3 Å². The number of carbonyl (C=O) groups excluding carboxylic acids is 1. The van der Waals surface area contributed by atoms with E-state index in [-0.39, 0.29) is 5.57 Å². The molecule has 0 spiro atoms. The lowest BCUT2D eigenvalue weighted by molar-refractivity contribution is -0.116. The number of methoxy groups -OCH3 is 1. The van der Waals surface area contributed by atoms with Gasteiger partial charge in [0, 0.05) is 10.6 Å². The Labute approximate surface area is 160 Å². The van der Waals surface area contributed by atoms with E-state index < -0.39 is 5.91 Å². The van der Waals surface area contributed by atoms with Gasteiger partial charge in [-0.1, -0.05) is 18.2 Å². The normalized spacial score (nSPS) is 10.7. The van der Waals surface area contributed by atoms with Crippen molar-refractivity contribution in [2.45, 2.75) is 6.61 Å². The van der Waals surface area contributed by atoms with Crippen LogP contribution in [0.25, 0.3) is 6.08 Å². The first kappa shape index (κ1) is 18.8. The minimum Gasteiger partial charge on any atom is -0.493 e. The van der Waals surface area contributed by atoms with Gasteiger partial charge in [0.05, 0.1) is 7.11 Å². The molecule has 0 saturated carbocycles. The van der Waals surface area contributed by atoms with Gasteiger partial charge in [0.2, 0.25) is 0 Å². The Morgan fingerprint density at radius 1 is 1.24 bits per heavy atom. The molecule has 25 heavy (non-hydrogen) atoms. The number of nitrogens with one attached hydrogen (secondary N) is 1. The second kappa shape index (κ2) is 9.08. The summed E-state index contributed by atoms with van der Waals surface area (Å²) in [5.41, 5.74) is 1.76. The molecule has 128 valence electrons. The summed E-state index contributed by atoms with van der Waals surface area (Å²) in [6.45, 7) is 0.421. The molecule has 6 heteroatoms. The molecule has 0 aliphatic rings. The highest BCUT2D eigenvalue weighted by Gasteiger charge is 2.09. The van der Waals surface area contributed by atoms with E-state index in [9.17, 15) is 4.79 Å². The molecule has 0 fully saturated rings. The van der Waals surface area contributed by atoms with Gasteiger partial charge < -0.3 is 14.8 Å². The molecular formula is C19H17IN2O3. The van der Waals surface area contributed by atoms with Crippen molar-refractivity contribution in [3.63, 3.8) is 0 Å². The summed E-state index contributed by atoms with van der Waals surface area (Å²) in [7, 11) is 3.03. The fourth-order valence-electron chi connectivity index (χ4n) is 2.08. The summed E-state index contributed by atoms with van der Waals surface area (Å²) in [5.74, 6) is 0.700. The van der Waals surface area contributed by atoms with Gasteiger partial charge in [-0.25, -0.2) is 0 Å². The first-order chi connectivity index (χ1) is 12.1. The largest absolute Gasteiger partial charge is 0.493 e. The van der Waals surface area contributed by atoms with Crippen LogP contribution in [0.1, 0.15) is 11.1 Å². The van der Waals surface area contributed by atoms with Crippen molar-refractivity contribution >= 4 is 34.6 Å². The molecule has 1 N–H and O–H groups in total. The molecule has 0 unspecified atom stereocenters. The minimum absolute atomic E-state index is 0.0251. The topological polar surface area (TPSA) is 71.4 Å². The molecule has 2 aromatic rings. The number of amides is 1. The number of nitriles is 1. The minimum atomic E-state index is -0.430. The summed E-state index contributed by atoms with van der Waals surface area (Å²) in [4.78, 5) is 11.6. The number of carbonyl (C=O) groups is 1. The summed E-state index contributed by atoms with van der Waals surface area (Å²) < 4.78 is 12.3. The zero-order valence-corrected chi connectivity index (χ0v) is 16.0. The number of nitrogens with zero attached hydrogens (tertiary/aromatic N) is 1. The SMILES string of the molecule is CNC(=O)/C(C#N)=C\c1ccc(OCc2ccc(I)cc2)c(OC)c1. The molecule has 0 bridgehead atoms. The molecule has 0 aromatic heterocycles. The fourth-order valence-corrected chi connectivity index (χ4v) is 2.44. The van der Waals surface area contributed by atoms with Crippen LogP contribution in [0.15, 0.2) is 48.0 Å². The Balaban J connectivity index is 2.18. The number of rotatable bonds is 6. The zero-order chi connectivity index (χ0) is 18.2. The highest BCUT2D eigenvalue weighted by Crippen LogP contribution is 2.29. The molecule has 2 rings (SSSR count). The average Bonchev–Trinajstić information content (AvgIpc) is 2.65. The molecule has 5 nitrogen and oxygen atoms in total. The van der Waals surface area contributed by atoms with Crippen LogP contribution >= 0.6 is 22.6 Å². The van der Waals surface area contributed by atoms with Crippen LogP contribution in [0, 0.1) is 14.9 Å². The number of likely N-dealkylation sites (N-methyl/N-ethyl adjacent to an activating group) is 1. The van der Waals surface area contributed by atoms with E-state index in [0.717, 1.165) is 5.56 Å². The predicted octanol–water partition coefficient (Wildman–Crippen LogP) is 3.53. The number of halogens is 1. The summed E-state index contributed by atoms with van der Waals surface area (Å²) in [5, 5.41) is 11.5. The maximum absolute atomic E-state index is 11.6. The van der Waals surface area contributed by atoms with Gasteiger partial charge in [-0.05, 0) is 64.1 Å². The van der Waals surface area contributed by atoms with E-state index in [0.29, 0.717) is 23.7 Å². The van der Waals surface area contributed by atoms with E-state index in [1.54, 1.807) is 25.3 Å². The highest BCUT2D eigenvalue weighted by atomic mass is 127. The molecule has 0 saturated heterocycles. The maximum Gasteiger partial charge on any atom is 0.261 e. The third-order valence-electron chi connectivity index (χ3n) is 3.40. The second-order valence-electron chi connectivity index (χ2n) is 5.07. The molecule has 0 atom stereocenters. The van der Waals surface area contributed by atoms with Crippen LogP contribution in [0.2, 0.25) is 0 Å². The summed E-state index contributed by atoms with van der Waals surface area (Å²) >= 11 is 2.25. The average molecular weight is 448 g/mol. The summed E-state index contributed by atoms with van der Waals surface area (Å²) in [6, 6.07) is 15.2. The lowest BCUT2D eigenvalue weighted by atomic mass is 10.1. The van der Waals surface area contributed by atoms with Crippen LogP contribution in [-0.4, -0.2) is 20.1 Å². The third kappa shape index (κ3) is 5.22. The van der Waals surface area contributed by atoms with E-state index in [4.69, 9.17) is 14.7 Å². The van der Waals surface area contributed by atoms with E-state index >= 15 is 0 Å². The zero-order valence-electron chi connectivity index (χ0n) is 13.9. The molecular weight excluding hydrogens is 431 g/mol. The van der Waals surface area contributed by atoms with Gasteiger partial charge in [0.25, 0.3) is 5.91 Å². The Morgan fingerprint density at radius 3 is 2.56 bits per heavy atom. The van der Waals surface area contributed by atoms with Crippen LogP contribution < -0.4 is 14.8 Å². The van der Waals surface area contributed by atoms with E-state index in [1.165, 1.54) is 16.7 Å². The van der Waals surface area contributed by atoms with Crippen molar-refractivity contribution in [2.24, 2.45) is 0 Å². The Morgan fingerprint density at radius 2 is 1.96 bits per heavy atom. The predicted molar refractivity (Wildman–Crippen MR) is 104 cm³/mol. The number of benzene rings is 2. The third-order valence-corrected chi connectivity index (χ3v) is 4.12. The van der Waals surface area contributed by atoms with Crippen molar-refractivity contribution in [1.29, 1.82) is 5.26 Å². The first-order valence-electron chi connectivity index (χ1n) is 7.46. The van der Waals surface area contributed by atoms with Crippen molar-refractivity contribution in [2.75, 3.05) is 14.2 Å². The second-order valence-corrected chi connectivity index (χ2v) is 6.32. The van der Waals surface area contributed by atoms with Crippen molar-refractivity contribution < 1.29 is 14.3 Å². The standard InChI is InChI=1S/C19H17IN2O3/c1-22-19(23)15(11-21)9-14-5-8-17(18(10-14)24-2)25-12-13-3-6-16(20)7-4-13/h3-10H,12H2,1-2H3,(H,22,23)/b15-9-. The van der Waals surface area contributed by atoms with Crippen LogP contribution in [0.3, 0.4) is 0 Å². The van der Waals surface area contributed by atoms with Gasteiger partial charge in [-0.2, -0.15) is 5.26 Å². The highest BCUT2D eigenvalue weighted by molar-refractivity contribution is 14.1. The number of hydrogen-bond acceptors (Lipinski definition) is 4. The van der Waals surface area contributed by atoms with Gasteiger partial charge in [-0.15, -0.1) is 0 Å². The summed E-state index contributed by atoms with van der Waals surface area (Å²) in [6.07, 6.45) is 1.50. The lowest BCUT2D eigenvalue weighted by Gasteiger charge is -2.11. The van der Waals surface area contributed by atoms with Gasteiger partial charge in [0.1, 0.15) is 18.2 Å². The monoisotopic (exact) mass is 448 g/mol. The Bertz CT molecular complexity index is 824.